The molecule has 3 N–H and O–H groups in total. The molecule has 0 fully saturated rings. The lowest BCUT2D eigenvalue weighted by Gasteiger charge is -2.44. The van der Waals surface area contributed by atoms with Crippen molar-refractivity contribution in [1.29, 1.82) is 0 Å². The smallest absolute Gasteiger partial charge is 0.190 e. The predicted molar refractivity (Wildman–Crippen MR) is 91.7 cm³/mol. The van der Waals surface area contributed by atoms with Crippen molar-refractivity contribution in [2.75, 3.05) is 6.61 Å². The van der Waals surface area contributed by atoms with E-state index in [0.29, 0.717) is 6.42 Å². The second-order valence-electron chi connectivity index (χ2n) is 7.09. The first-order valence-electron chi connectivity index (χ1n) is 8.23. The summed E-state index contributed by atoms with van der Waals surface area (Å²) in [6, 6.07) is 9.33. The number of aliphatic hydroxyl groups is 2. The highest BCUT2D eigenvalue weighted by atomic mass is 16.3. The van der Waals surface area contributed by atoms with Crippen LogP contribution in [0.4, 0.5) is 0 Å². The molecule has 4 nitrogen and oxygen atoms in total. The zero-order valence-corrected chi connectivity index (χ0v) is 13.5. The lowest BCUT2D eigenvalue weighted by atomic mass is 9.62. The third-order valence-electron chi connectivity index (χ3n) is 5.99. The summed E-state index contributed by atoms with van der Waals surface area (Å²) < 4.78 is 0. The van der Waals surface area contributed by atoms with Crippen LogP contribution in [0.5, 0.6) is 5.75 Å². The highest BCUT2D eigenvalue weighted by Crippen LogP contribution is 2.57. The average molecular weight is 324 g/mol. The van der Waals surface area contributed by atoms with Crippen molar-refractivity contribution in [1.82, 2.24) is 0 Å². The number of Topliss-reactive ketones (excluding diaryl/α,β-unsaturated/α-hetero) is 1. The molecule has 0 spiro atoms. The Morgan fingerprint density at radius 2 is 2.04 bits per heavy atom. The molecule has 2 aliphatic rings. The van der Waals surface area contributed by atoms with Crippen LogP contribution < -0.4 is 0 Å². The van der Waals surface area contributed by atoms with Crippen molar-refractivity contribution in [2.24, 2.45) is 5.41 Å². The van der Waals surface area contributed by atoms with Crippen LogP contribution in [0.1, 0.15) is 30.9 Å². The predicted octanol–water partition coefficient (Wildman–Crippen LogP) is 2.58. The molecule has 0 aromatic heterocycles. The molecule has 2 aromatic rings. The van der Waals surface area contributed by atoms with E-state index in [-0.39, 0.29) is 12.2 Å². The number of rotatable bonds is 2. The van der Waals surface area contributed by atoms with Gasteiger partial charge in [-0.3, -0.25) is 4.79 Å². The van der Waals surface area contributed by atoms with Crippen molar-refractivity contribution in [3.63, 3.8) is 0 Å². The van der Waals surface area contributed by atoms with E-state index in [1.54, 1.807) is 12.1 Å². The maximum Gasteiger partial charge on any atom is 0.190 e. The summed E-state index contributed by atoms with van der Waals surface area (Å²) in [5.74, 6) is -0.267. The Kier molecular flexibility index (Phi) is 3.15. The lowest BCUT2D eigenvalue weighted by molar-refractivity contribution is -0.149. The third kappa shape index (κ3) is 1.78. The molecule has 0 bridgehead atoms. The van der Waals surface area contributed by atoms with Gasteiger partial charge in [0.15, 0.2) is 5.78 Å². The molecule has 4 rings (SSSR count). The highest BCUT2D eigenvalue weighted by molar-refractivity contribution is 5.98. The molecule has 0 radical (unpaired) electrons. The Bertz CT molecular complexity index is 898. The Labute approximate surface area is 140 Å². The third-order valence-corrected chi connectivity index (χ3v) is 5.99. The monoisotopic (exact) mass is 324 g/mol. The fourth-order valence-electron chi connectivity index (χ4n) is 4.50. The van der Waals surface area contributed by atoms with Gasteiger partial charge >= 0.3 is 0 Å². The van der Waals surface area contributed by atoms with Crippen LogP contribution in [0.3, 0.4) is 0 Å². The molecule has 4 heteroatoms. The van der Waals surface area contributed by atoms with Crippen molar-refractivity contribution >= 4 is 22.1 Å². The minimum absolute atomic E-state index is 0.241. The van der Waals surface area contributed by atoms with E-state index in [9.17, 15) is 20.1 Å². The van der Waals surface area contributed by atoms with Gasteiger partial charge < -0.3 is 15.3 Å². The molecule has 124 valence electrons. The summed E-state index contributed by atoms with van der Waals surface area (Å²) >= 11 is 0. The van der Waals surface area contributed by atoms with Gasteiger partial charge in [0, 0.05) is 11.8 Å². The van der Waals surface area contributed by atoms with Gasteiger partial charge in [0.1, 0.15) is 18.0 Å². The maximum absolute atomic E-state index is 12.2. The van der Waals surface area contributed by atoms with E-state index in [0.717, 1.165) is 28.3 Å². The molecular weight excluding hydrogens is 304 g/mol. The van der Waals surface area contributed by atoms with Crippen molar-refractivity contribution in [2.45, 2.75) is 31.8 Å². The summed E-state index contributed by atoms with van der Waals surface area (Å²) in [6.07, 6.45) is 3.57. The number of carbonyl (C=O) groups excluding carboxylic acids is 1. The number of benzene rings is 2. The van der Waals surface area contributed by atoms with Crippen molar-refractivity contribution in [3.8, 4) is 5.75 Å². The van der Waals surface area contributed by atoms with Gasteiger partial charge in [-0.2, -0.15) is 0 Å². The SMILES string of the molecule is C[C@]12CCc3c(ccc4cc(O)ccc34)C1=CC[C@]2(O)C(=O)CO. The average Bonchev–Trinajstić information content (AvgIpc) is 2.86. The van der Waals surface area contributed by atoms with Crippen LogP contribution in [-0.4, -0.2) is 33.3 Å². The lowest BCUT2D eigenvalue weighted by Crippen LogP contribution is -2.52. The van der Waals surface area contributed by atoms with E-state index < -0.39 is 23.4 Å². The first kappa shape index (κ1) is 15.4. The van der Waals surface area contributed by atoms with E-state index in [1.807, 2.05) is 31.2 Å². The Morgan fingerprint density at radius 1 is 1.25 bits per heavy atom. The van der Waals surface area contributed by atoms with Gasteiger partial charge in [0.05, 0.1) is 0 Å². The number of hydrogen-bond donors (Lipinski definition) is 3. The van der Waals surface area contributed by atoms with E-state index in [2.05, 4.69) is 0 Å². The number of fused-ring (bicyclic) bond motifs is 5. The molecular formula is C20H20O4. The molecule has 0 aliphatic heterocycles. The van der Waals surface area contributed by atoms with E-state index >= 15 is 0 Å². The van der Waals surface area contributed by atoms with Crippen LogP contribution in [0, 0.1) is 5.41 Å². The Morgan fingerprint density at radius 3 is 2.79 bits per heavy atom. The molecule has 0 amide bonds. The van der Waals surface area contributed by atoms with Crippen molar-refractivity contribution in [3.05, 3.63) is 47.5 Å². The minimum atomic E-state index is -1.53. The number of aryl methyl sites for hydroxylation is 1. The van der Waals surface area contributed by atoms with Crippen LogP contribution >= 0.6 is 0 Å². The molecule has 2 aliphatic carbocycles. The fourth-order valence-corrected chi connectivity index (χ4v) is 4.50. The normalized spacial score (nSPS) is 28.4. The molecule has 24 heavy (non-hydrogen) atoms. The minimum Gasteiger partial charge on any atom is -0.508 e. The molecule has 0 saturated heterocycles. The zero-order chi connectivity index (χ0) is 17.1. The molecule has 0 saturated carbocycles. The van der Waals surface area contributed by atoms with Gasteiger partial charge in [-0.1, -0.05) is 31.2 Å². The highest BCUT2D eigenvalue weighted by Gasteiger charge is 2.57. The topological polar surface area (TPSA) is 77.8 Å². The summed E-state index contributed by atoms with van der Waals surface area (Å²) in [5, 5.41) is 32.0. The second kappa shape index (κ2) is 4.91. The number of ketones is 1. The number of aromatic hydroxyl groups is 1. The number of aliphatic hydroxyl groups excluding tert-OH is 1. The maximum atomic E-state index is 12.2. The second-order valence-corrected chi connectivity index (χ2v) is 7.09. The first-order chi connectivity index (χ1) is 11.4. The van der Waals surface area contributed by atoms with Gasteiger partial charge in [-0.05, 0) is 52.4 Å². The van der Waals surface area contributed by atoms with E-state index in [4.69, 9.17) is 0 Å². The zero-order valence-electron chi connectivity index (χ0n) is 13.5. The summed E-state index contributed by atoms with van der Waals surface area (Å²) in [4.78, 5) is 12.2. The standard InChI is InChI=1S/C20H20O4/c1-19-8-6-15-14-5-3-13(22)10-12(14)2-4-16(15)17(19)7-9-20(19,24)18(23)11-21/h2-5,7,10,21-22,24H,6,8-9,11H2,1H3/t19-,20-/m0/s1. The fraction of sp³-hybridized carbons (Fsp3) is 0.350. The summed E-state index contributed by atoms with van der Waals surface area (Å²) in [6.45, 7) is 1.28. The molecule has 0 unspecified atom stereocenters. The number of phenolic OH excluding ortho intramolecular Hbond substituents is 1. The van der Waals surface area contributed by atoms with Gasteiger partial charge in [0.25, 0.3) is 0 Å². The quantitative estimate of drug-likeness (QED) is 0.793. The molecule has 2 aromatic carbocycles. The summed E-state index contributed by atoms with van der Waals surface area (Å²) in [7, 11) is 0. The van der Waals surface area contributed by atoms with Gasteiger partial charge in [-0.25, -0.2) is 0 Å². The van der Waals surface area contributed by atoms with Crippen molar-refractivity contribution < 1.29 is 20.1 Å². The first-order valence-corrected chi connectivity index (χ1v) is 8.23. The largest absolute Gasteiger partial charge is 0.508 e. The molecule has 2 atom stereocenters. The molecule has 0 heterocycles. The number of phenols is 1. The van der Waals surface area contributed by atoms with Crippen LogP contribution in [0.2, 0.25) is 0 Å². The van der Waals surface area contributed by atoms with E-state index in [1.165, 1.54) is 5.56 Å². The number of carbonyl (C=O) groups is 1. The summed E-state index contributed by atoms with van der Waals surface area (Å²) in [5.41, 5.74) is 1.03. The van der Waals surface area contributed by atoms with Gasteiger partial charge in [-0.15, -0.1) is 0 Å². The Balaban J connectivity index is 1.89. The van der Waals surface area contributed by atoms with Gasteiger partial charge in [0.2, 0.25) is 0 Å². The van der Waals surface area contributed by atoms with Crippen LogP contribution in [0.25, 0.3) is 16.3 Å². The van der Waals surface area contributed by atoms with Crippen LogP contribution in [0.15, 0.2) is 36.4 Å². The number of hydrogen-bond acceptors (Lipinski definition) is 4. The Hall–Kier alpha value is -2.17. The van der Waals surface area contributed by atoms with Crippen LogP contribution in [-0.2, 0) is 11.2 Å².